The highest BCUT2D eigenvalue weighted by atomic mass is 31.2. The monoisotopic (exact) mass is 545 g/mol. The number of furan rings is 1. The van der Waals surface area contributed by atoms with Crippen molar-refractivity contribution in [3.05, 3.63) is 146 Å². The summed E-state index contributed by atoms with van der Waals surface area (Å²) in [5.41, 5.74) is 4.50. The largest absolute Gasteiger partial charge is 0.455 e. The fourth-order valence-electron chi connectivity index (χ4n) is 5.99. The van der Waals surface area contributed by atoms with Gasteiger partial charge in [0.25, 0.3) is 0 Å². The van der Waals surface area contributed by atoms with Crippen molar-refractivity contribution < 1.29 is 8.98 Å². The summed E-state index contributed by atoms with van der Waals surface area (Å²) in [6, 6.07) is 48.3. The molecule has 3 nitrogen and oxygen atoms in total. The van der Waals surface area contributed by atoms with Gasteiger partial charge in [-0.1, -0.05) is 127 Å². The lowest BCUT2D eigenvalue weighted by Gasteiger charge is -2.20. The number of aromatic nitrogens is 1. The minimum atomic E-state index is -3.06. The molecule has 0 aliphatic heterocycles. The van der Waals surface area contributed by atoms with Crippen LogP contribution in [0, 0.1) is 0 Å². The predicted octanol–water partition coefficient (Wildman–Crippen LogP) is 8.59. The summed E-state index contributed by atoms with van der Waals surface area (Å²) in [5, 5.41) is 7.78. The molecular weight excluding hydrogens is 521 g/mol. The Morgan fingerprint density at radius 2 is 1.05 bits per heavy atom. The molecule has 194 valence electrons. The van der Waals surface area contributed by atoms with Crippen LogP contribution in [0.15, 0.2) is 150 Å². The van der Waals surface area contributed by atoms with Crippen molar-refractivity contribution in [2.24, 2.45) is 0 Å². The summed E-state index contributed by atoms with van der Waals surface area (Å²) in [6.45, 7) is 0. The van der Waals surface area contributed by atoms with Crippen molar-refractivity contribution in [3.8, 4) is 11.3 Å². The second kappa shape index (κ2) is 9.30. The van der Waals surface area contributed by atoms with Gasteiger partial charge in [-0.05, 0) is 18.2 Å². The van der Waals surface area contributed by atoms with Crippen LogP contribution in [0.3, 0.4) is 0 Å². The molecule has 0 aliphatic rings. The zero-order valence-corrected chi connectivity index (χ0v) is 23.0. The van der Waals surface area contributed by atoms with E-state index in [0.29, 0.717) is 0 Å². The highest BCUT2D eigenvalue weighted by molar-refractivity contribution is 7.85. The van der Waals surface area contributed by atoms with Gasteiger partial charge in [0.1, 0.15) is 11.2 Å². The minimum absolute atomic E-state index is 0.795. The third kappa shape index (κ3) is 3.67. The maximum Gasteiger partial charge on any atom is 0.171 e. The molecule has 4 heteroatoms. The summed E-state index contributed by atoms with van der Waals surface area (Å²) >= 11 is 0. The molecule has 6 aromatic carbocycles. The Morgan fingerprint density at radius 3 is 1.76 bits per heavy atom. The molecule has 2 aromatic heterocycles. The van der Waals surface area contributed by atoms with Crippen LogP contribution >= 0.6 is 7.14 Å². The summed E-state index contributed by atoms with van der Waals surface area (Å²) in [4.78, 5) is 5.13. The Bertz CT molecular complexity index is 2230. The number of benzene rings is 6. The van der Waals surface area contributed by atoms with Crippen LogP contribution < -0.4 is 15.9 Å². The van der Waals surface area contributed by atoms with E-state index in [1.54, 1.807) is 0 Å². The molecule has 0 saturated carbocycles. The van der Waals surface area contributed by atoms with Crippen LogP contribution in [0.4, 0.5) is 0 Å². The number of nitrogens with zero attached hydrogens (tertiary/aromatic N) is 1. The smallest absolute Gasteiger partial charge is 0.171 e. The third-order valence-corrected chi connectivity index (χ3v) is 11.0. The first-order valence-electron chi connectivity index (χ1n) is 13.7. The number of pyridine rings is 1. The fourth-order valence-corrected chi connectivity index (χ4v) is 8.64. The van der Waals surface area contributed by atoms with Gasteiger partial charge in [0.05, 0.1) is 11.2 Å². The zero-order valence-electron chi connectivity index (χ0n) is 22.1. The number of rotatable bonds is 4. The lowest BCUT2D eigenvalue weighted by atomic mass is 9.98. The Kier molecular flexibility index (Phi) is 5.41. The number of fused-ring (bicyclic) bond motifs is 7. The number of hydrogen-bond donors (Lipinski definition) is 0. The van der Waals surface area contributed by atoms with Gasteiger partial charge < -0.3 is 8.98 Å². The minimum Gasteiger partial charge on any atom is -0.455 e. The number of para-hydroxylation sites is 2. The van der Waals surface area contributed by atoms with Crippen LogP contribution in [-0.4, -0.2) is 4.98 Å². The highest BCUT2D eigenvalue weighted by Gasteiger charge is 2.29. The number of hydrogen-bond acceptors (Lipinski definition) is 3. The van der Waals surface area contributed by atoms with E-state index in [4.69, 9.17) is 9.40 Å². The fraction of sp³-hybridized carbons (Fsp3) is 0. The second-order valence-corrected chi connectivity index (χ2v) is 13.0. The topological polar surface area (TPSA) is 43.1 Å². The predicted molar refractivity (Wildman–Crippen MR) is 171 cm³/mol. The van der Waals surface area contributed by atoms with Gasteiger partial charge in [0.15, 0.2) is 7.14 Å². The Balaban J connectivity index is 1.36. The molecule has 0 atom stereocenters. The van der Waals surface area contributed by atoms with Crippen LogP contribution in [-0.2, 0) is 4.57 Å². The van der Waals surface area contributed by atoms with E-state index in [1.807, 2.05) is 121 Å². The van der Waals surface area contributed by atoms with Crippen molar-refractivity contribution in [3.63, 3.8) is 0 Å². The average molecular weight is 546 g/mol. The van der Waals surface area contributed by atoms with Crippen LogP contribution in [0.5, 0.6) is 0 Å². The molecule has 0 N–H and O–H groups in total. The lowest BCUT2D eigenvalue weighted by Crippen LogP contribution is -2.24. The summed E-state index contributed by atoms with van der Waals surface area (Å²) in [5.74, 6) is 0. The molecule has 8 rings (SSSR count). The van der Waals surface area contributed by atoms with Crippen molar-refractivity contribution in [1.82, 2.24) is 4.98 Å². The van der Waals surface area contributed by atoms with Crippen molar-refractivity contribution in [2.45, 2.75) is 0 Å². The molecule has 0 unspecified atom stereocenters. The van der Waals surface area contributed by atoms with Gasteiger partial charge in [0.2, 0.25) is 0 Å². The van der Waals surface area contributed by atoms with E-state index >= 15 is 0 Å². The highest BCUT2D eigenvalue weighted by Crippen LogP contribution is 2.44. The van der Waals surface area contributed by atoms with E-state index < -0.39 is 7.14 Å². The van der Waals surface area contributed by atoms with Crippen LogP contribution in [0.1, 0.15) is 0 Å². The van der Waals surface area contributed by atoms with E-state index in [-0.39, 0.29) is 0 Å². The standard InChI is InChI=1S/C37H24NO2P/c39-41(26-11-3-1-4-12-26,27-13-5-2-6-14-27)28-21-19-25(20-22-28)36-32-24-23-30-29-15-8-10-18-34(29)40-37(30)35(32)31-16-7-9-17-33(31)38-36/h1-24H. The molecule has 0 bridgehead atoms. The summed E-state index contributed by atoms with van der Waals surface area (Å²) in [6.07, 6.45) is 0. The zero-order chi connectivity index (χ0) is 27.4. The Labute approximate surface area is 237 Å². The van der Waals surface area contributed by atoms with Crippen LogP contribution in [0.2, 0.25) is 0 Å². The van der Waals surface area contributed by atoms with Gasteiger partial charge >= 0.3 is 0 Å². The molecule has 0 aliphatic carbocycles. The first kappa shape index (κ1) is 23.9. The van der Waals surface area contributed by atoms with Gasteiger partial charge in [-0.2, -0.15) is 0 Å². The Hall–Kier alpha value is -4.98. The summed E-state index contributed by atoms with van der Waals surface area (Å²) < 4.78 is 21.3. The molecule has 0 radical (unpaired) electrons. The van der Waals surface area contributed by atoms with Crippen molar-refractivity contribution in [2.75, 3.05) is 0 Å². The normalized spacial score (nSPS) is 12.0. The van der Waals surface area contributed by atoms with Crippen molar-refractivity contribution in [1.29, 1.82) is 0 Å². The van der Waals surface area contributed by atoms with Crippen LogP contribution in [0.25, 0.3) is 54.9 Å². The molecule has 0 fully saturated rings. The maximum atomic E-state index is 14.9. The van der Waals surface area contributed by atoms with Crippen molar-refractivity contribution >= 4 is 66.7 Å². The molecule has 41 heavy (non-hydrogen) atoms. The van der Waals surface area contributed by atoms with Gasteiger partial charge in [-0.3, -0.25) is 0 Å². The summed E-state index contributed by atoms with van der Waals surface area (Å²) in [7, 11) is -3.06. The molecule has 2 heterocycles. The molecule has 0 spiro atoms. The molecule has 0 amide bonds. The average Bonchev–Trinajstić information content (AvgIpc) is 3.44. The maximum absolute atomic E-state index is 14.9. The van der Waals surface area contributed by atoms with Gasteiger partial charge in [-0.25, -0.2) is 4.98 Å². The first-order chi connectivity index (χ1) is 20.2. The first-order valence-corrected chi connectivity index (χ1v) is 15.4. The third-order valence-electron chi connectivity index (χ3n) is 7.95. The second-order valence-electron chi connectivity index (χ2n) is 10.3. The lowest BCUT2D eigenvalue weighted by molar-refractivity contribution is 0.592. The molecule has 0 saturated heterocycles. The Morgan fingerprint density at radius 1 is 0.488 bits per heavy atom. The quantitative estimate of drug-likeness (QED) is 0.164. The molecule has 8 aromatic rings. The SMILES string of the molecule is O=P(c1ccccc1)(c1ccccc1)c1ccc(-c2nc3ccccc3c3c2ccc2c4ccccc4oc23)cc1. The van der Waals surface area contributed by atoms with E-state index in [2.05, 4.69) is 24.3 Å². The van der Waals surface area contributed by atoms with Gasteiger partial charge in [-0.15, -0.1) is 0 Å². The molecular formula is C37H24NO2P. The van der Waals surface area contributed by atoms with Gasteiger partial charge in [0, 0.05) is 48.4 Å². The van der Waals surface area contributed by atoms with E-state index in [0.717, 1.165) is 70.8 Å². The van der Waals surface area contributed by atoms with E-state index in [9.17, 15) is 4.57 Å². The van der Waals surface area contributed by atoms with E-state index in [1.165, 1.54) is 0 Å².